The standard InChI is InChI=1S/C24H30N6O2/c1-16-28-15-20(25)21(29-16)12-17-2-4-19(5-3-17)32-23-14-18(30-8-10-31-11-9-30)13-22-24(23)27-7-6-26-22/h6-7,13-15,17,19H,2-5,8-12,25H2,1H3. The lowest BCUT2D eigenvalue weighted by Gasteiger charge is -2.31. The summed E-state index contributed by atoms with van der Waals surface area (Å²) in [6, 6.07) is 4.23. The molecule has 8 nitrogen and oxygen atoms in total. The van der Waals surface area contributed by atoms with E-state index in [0.29, 0.717) is 11.6 Å². The van der Waals surface area contributed by atoms with Crippen molar-refractivity contribution in [3.63, 3.8) is 0 Å². The SMILES string of the molecule is Cc1ncc(N)c(CC2CCC(Oc3cc(N4CCOCC4)cc4nccnc34)CC2)n1. The van der Waals surface area contributed by atoms with Gasteiger partial charge < -0.3 is 20.1 Å². The summed E-state index contributed by atoms with van der Waals surface area (Å²) in [7, 11) is 0. The highest BCUT2D eigenvalue weighted by Crippen LogP contribution is 2.35. The van der Waals surface area contributed by atoms with Crippen molar-refractivity contribution in [2.75, 3.05) is 36.9 Å². The zero-order valence-corrected chi connectivity index (χ0v) is 18.5. The van der Waals surface area contributed by atoms with E-state index in [-0.39, 0.29) is 6.10 Å². The average molecular weight is 435 g/mol. The number of hydrogen-bond donors (Lipinski definition) is 1. The Hall–Kier alpha value is -3.00. The van der Waals surface area contributed by atoms with E-state index in [1.807, 2.05) is 6.92 Å². The summed E-state index contributed by atoms with van der Waals surface area (Å²) in [5.74, 6) is 2.18. The molecule has 1 aromatic carbocycles. The molecule has 32 heavy (non-hydrogen) atoms. The first-order chi connectivity index (χ1) is 15.7. The fraction of sp³-hybridized carbons (Fsp3) is 0.500. The molecule has 1 aliphatic carbocycles. The largest absolute Gasteiger partial charge is 0.488 e. The normalized spacial score (nSPS) is 21.6. The molecule has 2 N–H and O–H groups in total. The number of fused-ring (bicyclic) bond motifs is 1. The van der Waals surface area contributed by atoms with Gasteiger partial charge in [0, 0.05) is 37.2 Å². The summed E-state index contributed by atoms with van der Waals surface area (Å²) in [6.45, 7) is 5.15. The summed E-state index contributed by atoms with van der Waals surface area (Å²) in [5, 5.41) is 0. The number of rotatable bonds is 5. The van der Waals surface area contributed by atoms with Gasteiger partial charge >= 0.3 is 0 Å². The molecule has 0 amide bonds. The number of anilines is 2. The molecule has 2 aliphatic rings. The molecule has 1 aliphatic heterocycles. The molecule has 168 valence electrons. The summed E-state index contributed by atoms with van der Waals surface area (Å²) >= 11 is 0. The predicted molar refractivity (Wildman–Crippen MR) is 124 cm³/mol. The Morgan fingerprint density at radius 1 is 1.06 bits per heavy atom. The summed E-state index contributed by atoms with van der Waals surface area (Å²) < 4.78 is 12.0. The third kappa shape index (κ3) is 4.60. The molecule has 0 bridgehead atoms. The molecule has 2 fully saturated rings. The monoisotopic (exact) mass is 434 g/mol. The van der Waals surface area contributed by atoms with E-state index >= 15 is 0 Å². The number of aromatic nitrogens is 4. The van der Waals surface area contributed by atoms with Gasteiger partial charge in [-0.05, 0) is 51.0 Å². The van der Waals surface area contributed by atoms with Gasteiger partial charge in [-0.25, -0.2) is 15.0 Å². The summed E-state index contributed by atoms with van der Waals surface area (Å²) in [4.78, 5) is 20.2. The van der Waals surface area contributed by atoms with Crippen LogP contribution in [-0.4, -0.2) is 52.3 Å². The number of nitrogen functional groups attached to an aromatic ring is 1. The van der Waals surface area contributed by atoms with Crippen molar-refractivity contribution >= 4 is 22.4 Å². The number of hydrogen-bond acceptors (Lipinski definition) is 8. The fourth-order valence-corrected chi connectivity index (χ4v) is 4.72. The quantitative estimate of drug-likeness (QED) is 0.653. The van der Waals surface area contributed by atoms with Gasteiger partial charge in [-0.2, -0.15) is 0 Å². The van der Waals surface area contributed by atoms with Gasteiger partial charge in [0.25, 0.3) is 0 Å². The van der Waals surface area contributed by atoms with Crippen molar-refractivity contribution in [3.05, 3.63) is 42.2 Å². The lowest BCUT2D eigenvalue weighted by Crippen LogP contribution is -2.36. The van der Waals surface area contributed by atoms with Gasteiger partial charge in [-0.15, -0.1) is 0 Å². The maximum absolute atomic E-state index is 6.53. The minimum absolute atomic E-state index is 0.181. The van der Waals surface area contributed by atoms with Crippen LogP contribution in [0.2, 0.25) is 0 Å². The van der Waals surface area contributed by atoms with Crippen LogP contribution in [0.5, 0.6) is 5.75 Å². The minimum Gasteiger partial charge on any atom is -0.488 e. The van der Waals surface area contributed by atoms with Crippen LogP contribution in [0.3, 0.4) is 0 Å². The van der Waals surface area contributed by atoms with Gasteiger partial charge in [-0.3, -0.25) is 4.98 Å². The Labute approximate surface area is 188 Å². The van der Waals surface area contributed by atoms with Crippen LogP contribution in [-0.2, 0) is 11.2 Å². The second-order valence-electron chi connectivity index (χ2n) is 8.75. The van der Waals surface area contributed by atoms with Crippen LogP contribution in [0.15, 0.2) is 30.7 Å². The van der Waals surface area contributed by atoms with Gasteiger partial charge in [-0.1, -0.05) is 0 Å². The maximum atomic E-state index is 6.53. The third-order valence-corrected chi connectivity index (χ3v) is 6.49. The number of nitrogens with two attached hydrogens (primary N) is 1. The Bertz CT molecular complexity index is 1080. The first-order valence-corrected chi connectivity index (χ1v) is 11.5. The summed E-state index contributed by atoms with van der Waals surface area (Å²) in [5.41, 5.74) is 10.6. The average Bonchev–Trinajstić information content (AvgIpc) is 2.83. The van der Waals surface area contributed by atoms with Crippen molar-refractivity contribution in [2.24, 2.45) is 5.92 Å². The van der Waals surface area contributed by atoms with E-state index in [4.69, 9.17) is 15.2 Å². The molecule has 0 unspecified atom stereocenters. The molecule has 0 atom stereocenters. The van der Waals surface area contributed by atoms with E-state index in [0.717, 1.165) is 92.4 Å². The molecule has 3 heterocycles. The van der Waals surface area contributed by atoms with E-state index in [1.165, 1.54) is 0 Å². The van der Waals surface area contributed by atoms with E-state index in [9.17, 15) is 0 Å². The van der Waals surface area contributed by atoms with Crippen LogP contribution in [0.25, 0.3) is 11.0 Å². The Balaban J connectivity index is 1.28. The highest BCUT2D eigenvalue weighted by molar-refractivity contribution is 5.85. The van der Waals surface area contributed by atoms with E-state index in [2.05, 4.69) is 37.0 Å². The Morgan fingerprint density at radius 2 is 1.84 bits per heavy atom. The van der Waals surface area contributed by atoms with Crippen LogP contribution < -0.4 is 15.4 Å². The molecule has 2 aromatic heterocycles. The lowest BCUT2D eigenvalue weighted by molar-refractivity contribution is 0.122. The van der Waals surface area contributed by atoms with Gasteiger partial charge in [0.2, 0.25) is 0 Å². The molecule has 3 aromatic rings. The lowest BCUT2D eigenvalue weighted by atomic mass is 9.84. The molecule has 1 saturated carbocycles. The first-order valence-electron chi connectivity index (χ1n) is 11.5. The number of morpholine rings is 1. The topological polar surface area (TPSA) is 99.3 Å². The molecular weight excluding hydrogens is 404 g/mol. The molecular formula is C24H30N6O2. The van der Waals surface area contributed by atoms with Crippen molar-refractivity contribution in [1.29, 1.82) is 0 Å². The van der Waals surface area contributed by atoms with Crippen LogP contribution in [0.1, 0.15) is 37.2 Å². The highest BCUT2D eigenvalue weighted by Gasteiger charge is 2.25. The van der Waals surface area contributed by atoms with Crippen molar-refractivity contribution < 1.29 is 9.47 Å². The highest BCUT2D eigenvalue weighted by atomic mass is 16.5. The maximum Gasteiger partial charge on any atom is 0.149 e. The molecule has 5 rings (SSSR count). The second-order valence-corrected chi connectivity index (χ2v) is 8.75. The van der Waals surface area contributed by atoms with Gasteiger partial charge in [0.05, 0.1) is 42.4 Å². The summed E-state index contributed by atoms with van der Waals surface area (Å²) in [6.07, 6.45) is 10.5. The minimum atomic E-state index is 0.181. The van der Waals surface area contributed by atoms with Crippen molar-refractivity contribution in [3.8, 4) is 5.75 Å². The zero-order valence-electron chi connectivity index (χ0n) is 18.5. The molecule has 0 radical (unpaired) electrons. The number of nitrogens with zero attached hydrogens (tertiary/aromatic N) is 5. The Kier molecular flexibility index (Phi) is 6.03. The van der Waals surface area contributed by atoms with Gasteiger partial charge in [0.15, 0.2) is 0 Å². The fourth-order valence-electron chi connectivity index (χ4n) is 4.72. The van der Waals surface area contributed by atoms with Crippen molar-refractivity contribution in [2.45, 2.75) is 45.1 Å². The smallest absolute Gasteiger partial charge is 0.149 e. The first kappa shape index (κ1) is 20.9. The van der Waals surface area contributed by atoms with Crippen LogP contribution in [0, 0.1) is 12.8 Å². The third-order valence-electron chi connectivity index (χ3n) is 6.49. The number of ether oxygens (including phenoxy) is 2. The van der Waals surface area contributed by atoms with Crippen molar-refractivity contribution in [1.82, 2.24) is 19.9 Å². The van der Waals surface area contributed by atoms with E-state index < -0.39 is 0 Å². The zero-order chi connectivity index (χ0) is 21.9. The molecule has 0 spiro atoms. The van der Waals surface area contributed by atoms with Crippen LogP contribution in [0.4, 0.5) is 11.4 Å². The van der Waals surface area contributed by atoms with Gasteiger partial charge in [0.1, 0.15) is 17.1 Å². The number of benzene rings is 1. The molecule has 1 saturated heterocycles. The predicted octanol–water partition coefficient (Wildman–Crippen LogP) is 3.33. The Morgan fingerprint density at radius 3 is 2.66 bits per heavy atom. The second kappa shape index (κ2) is 9.24. The van der Waals surface area contributed by atoms with Crippen LogP contribution >= 0.6 is 0 Å². The molecule has 8 heteroatoms. The van der Waals surface area contributed by atoms with E-state index in [1.54, 1.807) is 18.6 Å². The number of aryl methyl sites for hydroxylation is 1.